The predicted molar refractivity (Wildman–Crippen MR) is 289 cm³/mol. The maximum atomic E-state index is 12.8. The van der Waals surface area contributed by atoms with E-state index in [1.165, 1.54) is 244 Å². The SMILES string of the molecule is CCCCCCCC/C=C\CCCCCCCCCC(=O)OC(COC(=O)CCCCCCCCC)COC(=O)CCCCCCCCCCCCCCCCCCCCCCCCCCC. The Morgan fingerprint density at radius 1 is 0.284 bits per heavy atom. The Kier molecular flexibility index (Phi) is 55.2. The van der Waals surface area contributed by atoms with Gasteiger partial charge in [-0.25, -0.2) is 0 Å². The fraction of sp³-hybridized carbons (Fsp3) is 0.918. The lowest BCUT2D eigenvalue weighted by atomic mass is 10.0. The first-order chi connectivity index (χ1) is 33.0. The number of carbonyl (C=O) groups excluding carboxylic acids is 3. The van der Waals surface area contributed by atoms with E-state index in [0.29, 0.717) is 19.3 Å². The highest BCUT2D eigenvalue weighted by atomic mass is 16.6. The van der Waals surface area contributed by atoms with Crippen molar-refractivity contribution in [3.8, 4) is 0 Å². The summed E-state index contributed by atoms with van der Waals surface area (Å²) in [4.78, 5) is 38.0. The van der Waals surface area contributed by atoms with Gasteiger partial charge < -0.3 is 14.2 Å². The van der Waals surface area contributed by atoms with Gasteiger partial charge in [0.05, 0.1) is 0 Å². The Balaban J connectivity index is 4.07. The standard InChI is InChI=1S/C61H116O6/c1-4-7-10-13-16-18-20-22-24-26-27-28-29-30-31-32-33-35-36-38-40-42-45-48-51-54-60(63)66-57-58(56-65-59(62)53-50-47-44-15-12-9-6-3)67-61(64)55-52-49-46-43-41-39-37-34-25-23-21-19-17-14-11-8-5-2/h23,25,58H,4-22,24,26-57H2,1-3H3/b25-23-. The van der Waals surface area contributed by atoms with Crippen molar-refractivity contribution in [2.45, 2.75) is 348 Å². The van der Waals surface area contributed by atoms with Crippen LogP contribution in [0.25, 0.3) is 0 Å². The maximum absolute atomic E-state index is 12.8. The van der Waals surface area contributed by atoms with Crippen LogP contribution in [-0.2, 0) is 28.6 Å². The molecule has 0 N–H and O–H groups in total. The summed E-state index contributed by atoms with van der Waals surface area (Å²) < 4.78 is 16.8. The molecule has 67 heavy (non-hydrogen) atoms. The van der Waals surface area contributed by atoms with E-state index in [0.717, 1.165) is 57.8 Å². The number of ether oxygens (including phenoxy) is 3. The molecule has 0 saturated carbocycles. The van der Waals surface area contributed by atoms with Crippen molar-refractivity contribution >= 4 is 17.9 Å². The Bertz CT molecular complexity index is 1040. The third-order valence-electron chi connectivity index (χ3n) is 13.8. The van der Waals surface area contributed by atoms with Gasteiger partial charge in [-0.2, -0.15) is 0 Å². The molecule has 1 atom stereocenters. The zero-order valence-corrected chi connectivity index (χ0v) is 45.5. The number of hydrogen-bond donors (Lipinski definition) is 0. The summed E-state index contributed by atoms with van der Waals surface area (Å²) in [5.41, 5.74) is 0. The summed E-state index contributed by atoms with van der Waals surface area (Å²) in [6.07, 6.45) is 65.3. The van der Waals surface area contributed by atoms with E-state index in [1.54, 1.807) is 0 Å². The van der Waals surface area contributed by atoms with Crippen LogP contribution < -0.4 is 0 Å². The lowest BCUT2D eigenvalue weighted by Gasteiger charge is -2.18. The molecule has 0 spiro atoms. The van der Waals surface area contributed by atoms with Gasteiger partial charge in [-0.1, -0.05) is 290 Å². The number of carbonyl (C=O) groups is 3. The van der Waals surface area contributed by atoms with E-state index in [9.17, 15) is 14.4 Å². The fourth-order valence-electron chi connectivity index (χ4n) is 9.21. The van der Waals surface area contributed by atoms with Gasteiger partial charge in [0, 0.05) is 19.3 Å². The quantitative estimate of drug-likeness (QED) is 0.0262. The molecular formula is C61H116O6. The molecule has 0 rings (SSSR count). The van der Waals surface area contributed by atoms with Gasteiger partial charge >= 0.3 is 17.9 Å². The van der Waals surface area contributed by atoms with Crippen LogP contribution in [0, 0.1) is 0 Å². The van der Waals surface area contributed by atoms with Gasteiger partial charge in [-0.15, -0.1) is 0 Å². The average molecular weight is 946 g/mol. The first-order valence-electron chi connectivity index (χ1n) is 30.2. The fourth-order valence-corrected chi connectivity index (χ4v) is 9.21. The molecule has 1 unspecified atom stereocenters. The van der Waals surface area contributed by atoms with E-state index < -0.39 is 6.10 Å². The van der Waals surface area contributed by atoms with Crippen molar-refractivity contribution in [1.82, 2.24) is 0 Å². The van der Waals surface area contributed by atoms with Crippen LogP contribution in [0.5, 0.6) is 0 Å². The predicted octanol–water partition coefficient (Wildman–Crippen LogP) is 20.1. The van der Waals surface area contributed by atoms with Gasteiger partial charge in [0.1, 0.15) is 13.2 Å². The number of unbranched alkanes of at least 4 members (excludes halogenated alkanes) is 43. The first kappa shape index (κ1) is 65.1. The van der Waals surface area contributed by atoms with Crippen molar-refractivity contribution in [1.29, 1.82) is 0 Å². The molecule has 0 radical (unpaired) electrons. The van der Waals surface area contributed by atoms with Crippen molar-refractivity contribution in [2.75, 3.05) is 13.2 Å². The van der Waals surface area contributed by atoms with Crippen LogP contribution in [0.15, 0.2) is 12.2 Å². The monoisotopic (exact) mass is 945 g/mol. The van der Waals surface area contributed by atoms with Crippen molar-refractivity contribution < 1.29 is 28.6 Å². The van der Waals surface area contributed by atoms with Crippen molar-refractivity contribution in [3.05, 3.63) is 12.2 Å². The molecule has 0 aromatic carbocycles. The number of hydrogen-bond acceptors (Lipinski definition) is 6. The van der Waals surface area contributed by atoms with Gasteiger partial charge in [-0.05, 0) is 44.9 Å². The molecule has 0 aliphatic carbocycles. The minimum absolute atomic E-state index is 0.0665. The topological polar surface area (TPSA) is 78.9 Å². The second kappa shape index (κ2) is 56.7. The minimum Gasteiger partial charge on any atom is -0.462 e. The molecule has 6 heteroatoms. The van der Waals surface area contributed by atoms with Crippen molar-refractivity contribution in [2.24, 2.45) is 0 Å². The van der Waals surface area contributed by atoms with Crippen LogP contribution in [0.1, 0.15) is 342 Å². The first-order valence-corrected chi connectivity index (χ1v) is 30.2. The normalized spacial score (nSPS) is 12.0. The van der Waals surface area contributed by atoms with E-state index in [1.807, 2.05) is 0 Å². The minimum atomic E-state index is -0.765. The van der Waals surface area contributed by atoms with Gasteiger partial charge in [-0.3, -0.25) is 14.4 Å². The van der Waals surface area contributed by atoms with Gasteiger partial charge in [0.15, 0.2) is 6.10 Å². The number of rotatable bonds is 56. The van der Waals surface area contributed by atoms with E-state index in [4.69, 9.17) is 14.2 Å². The van der Waals surface area contributed by atoms with Crippen LogP contribution in [-0.4, -0.2) is 37.2 Å². The third kappa shape index (κ3) is 55.0. The van der Waals surface area contributed by atoms with E-state index >= 15 is 0 Å². The second-order valence-electron chi connectivity index (χ2n) is 20.6. The van der Waals surface area contributed by atoms with Gasteiger partial charge in [0.2, 0.25) is 0 Å². The van der Waals surface area contributed by atoms with Crippen molar-refractivity contribution in [3.63, 3.8) is 0 Å². The zero-order valence-electron chi connectivity index (χ0n) is 45.5. The molecular weight excluding hydrogens is 829 g/mol. The van der Waals surface area contributed by atoms with E-state index in [-0.39, 0.29) is 31.1 Å². The molecule has 6 nitrogen and oxygen atoms in total. The summed E-state index contributed by atoms with van der Waals surface area (Å²) in [7, 11) is 0. The Morgan fingerprint density at radius 3 is 0.746 bits per heavy atom. The average Bonchev–Trinajstić information content (AvgIpc) is 3.33. The summed E-state index contributed by atoms with van der Waals surface area (Å²) in [6.45, 7) is 6.65. The number of esters is 3. The summed E-state index contributed by atoms with van der Waals surface area (Å²) >= 11 is 0. The lowest BCUT2D eigenvalue weighted by Crippen LogP contribution is -2.30. The summed E-state index contributed by atoms with van der Waals surface area (Å²) in [6, 6.07) is 0. The highest BCUT2D eigenvalue weighted by molar-refractivity contribution is 5.71. The second-order valence-corrected chi connectivity index (χ2v) is 20.6. The molecule has 0 aliphatic rings. The molecule has 0 heterocycles. The van der Waals surface area contributed by atoms with Gasteiger partial charge in [0.25, 0.3) is 0 Å². The highest BCUT2D eigenvalue weighted by Crippen LogP contribution is 2.18. The molecule has 0 amide bonds. The smallest absolute Gasteiger partial charge is 0.306 e. The third-order valence-corrected chi connectivity index (χ3v) is 13.8. The molecule has 0 aromatic heterocycles. The Morgan fingerprint density at radius 2 is 0.493 bits per heavy atom. The Labute approximate surface area is 418 Å². The van der Waals surface area contributed by atoms with E-state index in [2.05, 4.69) is 32.9 Å². The molecule has 0 aliphatic heterocycles. The summed E-state index contributed by atoms with van der Waals surface area (Å²) in [5.74, 6) is -0.855. The van der Waals surface area contributed by atoms with Crippen LogP contribution in [0.4, 0.5) is 0 Å². The molecule has 0 bridgehead atoms. The largest absolute Gasteiger partial charge is 0.462 e. The lowest BCUT2D eigenvalue weighted by molar-refractivity contribution is -0.167. The highest BCUT2D eigenvalue weighted by Gasteiger charge is 2.19. The van der Waals surface area contributed by atoms with Crippen LogP contribution >= 0.6 is 0 Å². The molecule has 0 saturated heterocycles. The van der Waals surface area contributed by atoms with Crippen LogP contribution in [0.2, 0.25) is 0 Å². The Hall–Kier alpha value is -1.85. The summed E-state index contributed by atoms with van der Waals surface area (Å²) in [5, 5.41) is 0. The van der Waals surface area contributed by atoms with Crippen LogP contribution in [0.3, 0.4) is 0 Å². The number of allylic oxidation sites excluding steroid dienone is 2. The molecule has 0 aromatic rings. The molecule has 0 fully saturated rings. The molecule has 396 valence electrons. The zero-order chi connectivity index (χ0) is 48.6. The maximum Gasteiger partial charge on any atom is 0.306 e.